The van der Waals surface area contributed by atoms with Gasteiger partial charge in [-0.3, -0.25) is 4.90 Å². The van der Waals surface area contributed by atoms with Crippen molar-refractivity contribution in [3.63, 3.8) is 0 Å². The Bertz CT molecular complexity index is 635. The molecule has 0 radical (unpaired) electrons. The van der Waals surface area contributed by atoms with Crippen LogP contribution >= 0.6 is 11.8 Å². The number of carboxylic acid groups (broad SMARTS) is 1. The fraction of sp³-hybridized carbons (Fsp3) is 0.357. The van der Waals surface area contributed by atoms with Gasteiger partial charge in [0.2, 0.25) is 0 Å². The van der Waals surface area contributed by atoms with Gasteiger partial charge in [0.1, 0.15) is 0 Å². The summed E-state index contributed by atoms with van der Waals surface area (Å²) in [6, 6.07) is 8.78. The summed E-state index contributed by atoms with van der Waals surface area (Å²) in [5.74, 6) is -1.04. The second-order valence-electron chi connectivity index (χ2n) is 5.08. The van der Waals surface area contributed by atoms with E-state index < -0.39 is 5.97 Å². The Kier molecular flexibility index (Phi) is 3.94. The maximum absolute atomic E-state index is 10.8. The molecule has 6 nitrogen and oxygen atoms in total. The molecule has 21 heavy (non-hydrogen) atoms. The summed E-state index contributed by atoms with van der Waals surface area (Å²) in [4.78, 5) is 14.3. The standard InChI is InChI=1S/C14H16N4O2S/c1-21-12-4-2-10(3-5-12)6-17-7-11(8-17)18-9-13(14(19)20)15-16-18/h2-5,9,11H,6-8H2,1H3,(H,19,20). The van der Waals surface area contributed by atoms with E-state index in [1.54, 1.807) is 16.4 Å². The van der Waals surface area contributed by atoms with Crippen LogP contribution < -0.4 is 0 Å². The summed E-state index contributed by atoms with van der Waals surface area (Å²) < 4.78 is 1.65. The first-order valence-corrected chi connectivity index (χ1v) is 7.88. The second kappa shape index (κ2) is 5.87. The third kappa shape index (κ3) is 3.08. The molecular weight excluding hydrogens is 288 g/mol. The van der Waals surface area contributed by atoms with Gasteiger partial charge in [0, 0.05) is 24.5 Å². The Labute approximate surface area is 126 Å². The van der Waals surface area contributed by atoms with Crippen LogP contribution in [-0.2, 0) is 6.54 Å². The fourth-order valence-electron chi connectivity index (χ4n) is 2.38. The predicted octanol–water partition coefficient (Wildman–Crippen LogP) is 1.76. The minimum absolute atomic E-state index is 0.00102. The van der Waals surface area contributed by atoms with Gasteiger partial charge in [-0.2, -0.15) is 0 Å². The molecule has 7 heteroatoms. The molecule has 1 N–H and O–H groups in total. The van der Waals surface area contributed by atoms with Gasteiger partial charge in [0.15, 0.2) is 5.69 Å². The first-order valence-electron chi connectivity index (χ1n) is 6.66. The van der Waals surface area contributed by atoms with Crippen molar-refractivity contribution >= 4 is 17.7 Å². The van der Waals surface area contributed by atoms with E-state index >= 15 is 0 Å². The maximum Gasteiger partial charge on any atom is 0.358 e. The maximum atomic E-state index is 10.8. The van der Waals surface area contributed by atoms with Gasteiger partial charge in [-0.15, -0.1) is 16.9 Å². The van der Waals surface area contributed by atoms with Crippen LogP contribution in [0.1, 0.15) is 22.1 Å². The third-order valence-electron chi connectivity index (χ3n) is 3.61. The number of carboxylic acids is 1. The van der Waals surface area contributed by atoms with Crippen molar-refractivity contribution in [2.45, 2.75) is 17.5 Å². The van der Waals surface area contributed by atoms with E-state index in [9.17, 15) is 4.79 Å². The van der Waals surface area contributed by atoms with E-state index in [2.05, 4.69) is 45.7 Å². The smallest absolute Gasteiger partial charge is 0.358 e. The SMILES string of the molecule is CSc1ccc(CN2CC(n3cc(C(=O)O)nn3)C2)cc1. The van der Waals surface area contributed by atoms with Crippen molar-refractivity contribution in [2.24, 2.45) is 0 Å². The molecule has 0 saturated carbocycles. The molecule has 0 spiro atoms. The third-order valence-corrected chi connectivity index (χ3v) is 4.35. The molecule has 1 aliphatic rings. The van der Waals surface area contributed by atoms with E-state index in [0.29, 0.717) is 0 Å². The topological polar surface area (TPSA) is 71.2 Å². The zero-order valence-corrected chi connectivity index (χ0v) is 12.5. The zero-order valence-electron chi connectivity index (χ0n) is 11.6. The number of thioether (sulfide) groups is 1. The van der Waals surface area contributed by atoms with Crippen molar-refractivity contribution in [1.82, 2.24) is 19.9 Å². The number of hydrogen-bond donors (Lipinski definition) is 1. The number of benzene rings is 1. The van der Waals surface area contributed by atoms with Gasteiger partial charge in [-0.1, -0.05) is 17.3 Å². The number of nitrogens with zero attached hydrogens (tertiary/aromatic N) is 4. The van der Waals surface area contributed by atoms with E-state index in [0.717, 1.165) is 19.6 Å². The van der Waals surface area contributed by atoms with Crippen molar-refractivity contribution < 1.29 is 9.90 Å². The van der Waals surface area contributed by atoms with Crippen LogP contribution in [0.5, 0.6) is 0 Å². The molecule has 3 rings (SSSR count). The molecule has 1 aliphatic heterocycles. The quantitative estimate of drug-likeness (QED) is 0.849. The highest BCUT2D eigenvalue weighted by atomic mass is 32.2. The molecule has 0 atom stereocenters. The molecule has 110 valence electrons. The average Bonchev–Trinajstić information content (AvgIpc) is 2.92. The van der Waals surface area contributed by atoms with Crippen LogP contribution in [-0.4, -0.2) is 50.3 Å². The highest BCUT2D eigenvalue weighted by Gasteiger charge is 2.29. The average molecular weight is 304 g/mol. The largest absolute Gasteiger partial charge is 0.476 e. The van der Waals surface area contributed by atoms with Gasteiger partial charge in [0.25, 0.3) is 0 Å². The van der Waals surface area contributed by atoms with Crippen LogP contribution in [0.4, 0.5) is 0 Å². The Morgan fingerprint density at radius 2 is 2.10 bits per heavy atom. The van der Waals surface area contributed by atoms with E-state index in [1.807, 2.05) is 0 Å². The molecule has 1 saturated heterocycles. The van der Waals surface area contributed by atoms with Crippen molar-refractivity contribution in [1.29, 1.82) is 0 Å². The molecular formula is C14H16N4O2S. The molecule has 0 bridgehead atoms. The Morgan fingerprint density at radius 1 is 1.38 bits per heavy atom. The molecule has 2 heterocycles. The van der Waals surface area contributed by atoms with Crippen molar-refractivity contribution in [2.75, 3.05) is 19.3 Å². The lowest BCUT2D eigenvalue weighted by Gasteiger charge is -2.38. The lowest BCUT2D eigenvalue weighted by molar-refractivity contribution is 0.0690. The van der Waals surface area contributed by atoms with Gasteiger partial charge in [-0.05, 0) is 24.0 Å². The number of carbonyl (C=O) groups is 1. The molecule has 0 aliphatic carbocycles. The second-order valence-corrected chi connectivity index (χ2v) is 5.96. The number of rotatable bonds is 5. The Balaban J connectivity index is 1.53. The van der Waals surface area contributed by atoms with E-state index in [1.165, 1.54) is 16.7 Å². The lowest BCUT2D eigenvalue weighted by Crippen LogP contribution is -2.47. The molecule has 1 fully saturated rings. The minimum atomic E-state index is -1.04. The monoisotopic (exact) mass is 304 g/mol. The molecule has 0 amide bonds. The number of aromatic nitrogens is 3. The van der Waals surface area contributed by atoms with Crippen LogP contribution in [0.15, 0.2) is 35.4 Å². The van der Waals surface area contributed by atoms with Crippen molar-refractivity contribution in [3.05, 3.63) is 41.7 Å². The van der Waals surface area contributed by atoms with Gasteiger partial charge >= 0.3 is 5.97 Å². The fourth-order valence-corrected chi connectivity index (χ4v) is 2.79. The Morgan fingerprint density at radius 3 is 2.67 bits per heavy atom. The highest BCUT2D eigenvalue weighted by Crippen LogP contribution is 2.23. The van der Waals surface area contributed by atoms with Gasteiger partial charge in [-0.25, -0.2) is 9.48 Å². The summed E-state index contributed by atoms with van der Waals surface area (Å²) >= 11 is 1.74. The van der Waals surface area contributed by atoms with Crippen molar-refractivity contribution in [3.8, 4) is 0 Å². The van der Waals surface area contributed by atoms with Crippen LogP contribution in [0.25, 0.3) is 0 Å². The predicted molar refractivity (Wildman–Crippen MR) is 79.5 cm³/mol. The Hall–Kier alpha value is -1.86. The molecule has 2 aromatic rings. The van der Waals surface area contributed by atoms with Crippen LogP contribution in [0.2, 0.25) is 0 Å². The van der Waals surface area contributed by atoms with E-state index in [4.69, 9.17) is 5.11 Å². The first-order chi connectivity index (χ1) is 10.2. The minimum Gasteiger partial charge on any atom is -0.476 e. The summed E-state index contributed by atoms with van der Waals surface area (Å²) in [5.41, 5.74) is 1.29. The first kappa shape index (κ1) is 14.1. The number of aromatic carboxylic acids is 1. The zero-order chi connectivity index (χ0) is 14.8. The van der Waals surface area contributed by atoms with Gasteiger partial charge in [0.05, 0.1) is 12.2 Å². The highest BCUT2D eigenvalue weighted by molar-refractivity contribution is 7.98. The van der Waals surface area contributed by atoms with Crippen LogP contribution in [0, 0.1) is 0 Å². The summed E-state index contributed by atoms with van der Waals surface area (Å²) in [6.07, 6.45) is 3.57. The van der Waals surface area contributed by atoms with E-state index in [-0.39, 0.29) is 11.7 Å². The molecule has 1 aromatic heterocycles. The summed E-state index contributed by atoms with van der Waals surface area (Å²) in [6.45, 7) is 2.64. The number of likely N-dealkylation sites (tertiary alicyclic amines) is 1. The summed E-state index contributed by atoms with van der Waals surface area (Å²) in [5, 5.41) is 16.4. The number of hydrogen-bond acceptors (Lipinski definition) is 5. The normalized spacial score (nSPS) is 15.9. The van der Waals surface area contributed by atoms with Gasteiger partial charge < -0.3 is 5.11 Å². The lowest BCUT2D eigenvalue weighted by atomic mass is 10.1. The molecule has 1 aromatic carbocycles. The summed E-state index contributed by atoms with van der Waals surface area (Å²) in [7, 11) is 0. The van der Waals surface area contributed by atoms with Crippen LogP contribution in [0.3, 0.4) is 0 Å². The molecule has 0 unspecified atom stereocenters.